The molecule has 0 aliphatic heterocycles. The van der Waals surface area contributed by atoms with Gasteiger partial charge < -0.3 is 5.32 Å². The van der Waals surface area contributed by atoms with Gasteiger partial charge in [0.2, 0.25) is 0 Å². The molecule has 2 heterocycles. The molecule has 2 amide bonds. The van der Waals surface area contributed by atoms with Crippen molar-refractivity contribution in [3.8, 4) is 5.69 Å². The fraction of sp³-hybridized carbons (Fsp3) is 0.105. The number of hydrazone groups is 1. The van der Waals surface area contributed by atoms with Crippen LogP contribution in [-0.2, 0) is 16.6 Å². The minimum absolute atomic E-state index is 0.0303. The van der Waals surface area contributed by atoms with Gasteiger partial charge in [-0.25, -0.2) is 10.1 Å². The van der Waals surface area contributed by atoms with E-state index in [1.807, 2.05) is 6.07 Å². The van der Waals surface area contributed by atoms with Gasteiger partial charge in [0.05, 0.1) is 17.6 Å². The lowest BCUT2D eigenvalue weighted by Gasteiger charge is -2.07. The van der Waals surface area contributed by atoms with Gasteiger partial charge in [-0.3, -0.25) is 24.0 Å². The SMILES string of the molecule is Cc1c(NC(=O)C(=O)NN=Cc2cccnc2)c(=O)n(-c2ccccc2)n1C. The lowest BCUT2D eigenvalue weighted by molar-refractivity contribution is -0.136. The number of nitrogens with one attached hydrogen (secondary N) is 2. The molecule has 0 aliphatic carbocycles. The summed E-state index contributed by atoms with van der Waals surface area (Å²) in [4.78, 5) is 40.7. The van der Waals surface area contributed by atoms with Crippen LogP contribution in [0.15, 0.2) is 64.8 Å². The van der Waals surface area contributed by atoms with Gasteiger partial charge in [0, 0.05) is 25.0 Å². The van der Waals surface area contributed by atoms with Gasteiger partial charge >= 0.3 is 11.8 Å². The quantitative estimate of drug-likeness (QED) is 0.400. The monoisotopic (exact) mass is 378 g/mol. The van der Waals surface area contributed by atoms with Crippen molar-refractivity contribution in [3.05, 3.63) is 76.5 Å². The molecule has 28 heavy (non-hydrogen) atoms. The molecule has 0 unspecified atom stereocenters. The van der Waals surface area contributed by atoms with Gasteiger partial charge in [-0.1, -0.05) is 24.3 Å². The van der Waals surface area contributed by atoms with Crippen LogP contribution in [0.3, 0.4) is 0 Å². The second-order valence-corrected chi connectivity index (χ2v) is 5.88. The number of anilines is 1. The number of amides is 2. The van der Waals surface area contributed by atoms with E-state index in [1.54, 1.807) is 67.4 Å². The molecule has 3 rings (SSSR count). The third kappa shape index (κ3) is 3.88. The summed E-state index contributed by atoms with van der Waals surface area (Å²) in [5.74, 6) is -1.98. The highest BCUT2D eigenvalue weighted by atomic mass is 16.2. The molecule has 0 atom stereocenters. The molecule has 2 N–H and O–H groups in total. The Bertz CT molecular complexity index is 1080. The zero-order valence-electron chi connectivity index (χ0n) is 15.3. The lowest BCUT2D eigenvalue weighted by atomic mass is 10.3. The first kappa shape index (κ1) is 18.8. The van der Waals surface area contributed by atoms with Gasteiger partial charge in [0.25, 0.3) is 5.56 Å². The van der Waals surface area contributed by atoms with Crippen LogP contribution in [0.2, 0.25) is 0 Å². The maximum absolute atomic E-state index is 12.7. The third-order valence-corrected chi connectivity index (χ3v) is 4.06. The van der Waals surface area contributed by atoms with Crippen molar-refractivity contribution in [2.45, 2.75) is 6.92 Å². The van der Waals surface area contributed by atoms with E-state index in [9.17, 15) is 14.4 Å². The topological polar surface area (TPSA) is 110 Å². The smallest absolute Gasteiger partial charge is 0.311 e. The first-order valence-electron chi connectivity index (χ1n) is 8.37. The van der Waals surface area contributed by atoms with Gasteiger partial charge in [-0.05, 0) is 25.1 Å². The number of benzene rings is 1. The number of carbonyl (C=O) groups is 2. The van der Waals surface area contributed by atoms with Crippen molar-refractivity contribution in [3.63, 3.8) is 0 Å². The Hall–Kier alpha value is -4.01. The van der Waals surface area contributed by atoms with Gasteiger partial charge in [-0.2, -0.15) is 5.10 Å². The van der Waals surface area contributed by atoms with Gasteiger partial charge in [0.1, 0.15) is 5.69 Å². The summed E-state index contributed by atoms with van der Waals surface area (Å²) >= 11 is 0. The fourth-order valence-electron chi connectivity index (χ4n) is 2.55. The van der Waals surface area contributed by atoms with Crippen molar-refractivity contribution in [1.82, 2.24) is 19.8 Å². The highest BCUT2D eigenvalue weighted by Crippen LogP contribution is 2.13. The van der Waals surface area contributed by atoms with Crippen LogP contribution in [0.4, 0.5) is 5.69 Å². The van der Waals surface area contributed by atoms with Gasteiger partial charge in [0.15, 0.2) is 0 Å². The van der Waals surface area contributed by atoms with E-state index in [2.05, 4.69) is 20.8 Å². The molecule has 1 aromatic carbocycles. The molecule has 0 saturated heterocycles. The molecular weight excluding hydrogens is 360 g/mol. The number of rotatable bonds is 4. The minimum atomic E-state index is -0.992. The van der Waals surface area contributed by atoms with E-state index < -0.39 is 17.4 Å². The maximum Gasteiger partial charge on any atom is 0.329 e. The number of pyridine rings is 1. The normalized spacial score (nSPS) is 10.8. The van der Waals surface area contributed by atoms with E-state index in [4.69, 9.17) is 0 Å². The van der Waals surface area contributed by atoms with Crippen molar-refractivity contribution in [2.75, 3.05) is 5.32 Å². The summed E-state index contributed by atoms with van der Waals surface area (Å²) in [6.07, 6.45) is 4.51. The predicted octanol–water partition coefficient (Wildman–Crippen LogP) is 0.968. The molecule has 9 nitrogen and oxygen atoms in total. The molecule has 3 aromatic rings. The average molecular weight is 378 g/mol. The Kier molecular flexibility index (Phi) is 5.45. The van der Waals surface area contributed by atoms with Gasteiger partial charge in [-0.15, -0.1) is 0 Å². The molecule has 0 radical (unpaired) electrons. The Morgan fingerprint density at radius 2 is 1.86 bits per heavy atom. The van der Waals surface area contributed by atoms with E-state index in [0.29, 0.717) is 16.9 Å². The molecule has 2 aromatic heterocycles. The van der Waals surface area contributed by atoms with E-state index in [1.165, 1.54) is 10.9 Å². The number of hydrogen-bond acceptors (Lipinski definition) is 5. The first-order chi connectivity index (χ1) is 13.5. The van der Waals surface area contributed by atoms with Crippen LogP contribution in [0, 0.1) is 6.92 Å². The Morgan fingerprint density at radius 1 is 1.11 bits per heavy atom. The van der Waals surface area contributed by atoms with Crippen LogP contribution < -0.4 is 16.3 Å². The van der Waals surface area contributed by atoms with Crippen molar-refractivity contribution < 1.29 is 9.59 Å². The molecule has 0 fully saturated rings. The molecule has 0 saturated carbocycles. The summed E-state index contributed by atoms with van der Waals surface area (Å²) in [6, 6.07) is 12.4. The maximum atomic E-state index is 12.7. The molecule has 9 heteroatoms. The number of carbonyl (C=O) groups excluding carboxylic acids is 2. The van der Waals surface area contributed by atoms with Crippen molar-refractivity contribution in [1.29, 1.82) is 0 Å². The molecular formula is C19H18N6O3. The van der Waals surface area contributed by atoms with E-state index >= 15 is 0 Å². The second-order valence-electron chi connectivity index (χ2n) is 5.88. The van der Waals surface area contributed by atoms with E-state index in [-0.39, 0.29) is 5.69 Å². The molecule has 142 valence electrons. The van der Waals surface area contributed by atoms with Crippen LogP contribution in [0.5, 0.6) is 0 Å². The first-order valence-corrected chi connectivity index (χ1v) is 8.37. The average Bonchev–Trinajstić information content (AvgIpc) is 2.92. The third-order valence-electron chi connectivity index (χ3n) is 4.06. The second kappa shape index (κ2) is 8.12. The lowest BCUT2D eigenvalue weighted by Crippen LogP contribution is -2.34. The van der Waals surface area contributed by atoms with Crippen LogP contribution in [-0.4, -0.2) is 32.4 Å². The molecule has 0 bridgehead atoms. The summed E-state index contributed by atoms with van der Waals surface area (Å²) < 4.78 is 3.01. The summed E-state index contributed by atoms with van der Waals surface area (Å²) in [5.41, 5.74) is 3.52. The Morgan fingerprint density at radius 3 is 2.54 bits per heavy atom. The summed E-state index contributed by atoms with van der Waals surface area (Å²) in [6.45, 7) is 1.68. The Balaban J connectivity index is 1.75. The summed E-state index contributed by atoms with van der Waals surface area (Å²) in [7, 11) is 1.69. The number of hydrogen-bond donors (Lipinski definition) is 2. The highest BCUT2D eigenvalue weighted by Gasteiger charge is 2.21. The zero-order chi connectivity index (χ0) is 20.1. The number of aromatic nitrogens is 3. The van der Waals surface area contributed by atoms with Crippen molar-refractivity contribution in [2.24, 2.45) is 12.1 Å². The van der Waals surface area contributed by atoms with E-state index in [0.717, 1.165) is 0 Å². The molecule has 0 spiro atoms. The molecule has 0 aliphatic rings. The summed E-state index contributed by atoms with van der Waals surface area (Å²) in [5, 5.41) is 6.07. The largest absolute Gasteiger partial charge is 0.329 e. The standard InChI is InChI=1S/C19H18N6O3/c1-13-16(19(28)25(24(13)2)15-8-4-3-5-9-15)22-17(26)18(27)23-21-12-14-7-6-10-20-11-14/h3-12H,1-2H3,(H,22,26)(H,23,27). The fourth-order valence-corrected chi connectivity index (χ4v) is 2.55. The number of para-hydroxylation sites is 1. The minimum Gasteiger partial charge on any atom is -0.311 e. The Labute approximate surface area is 160 Å². The number of nitrogens with zero attached hydrogens (tertiary/aromatic N) is 4. The van der Waals surface area contributed by atoms with Crippen LogP contribution in [0.25, 0.3) is 5.69 Å². The van der Waals surface area contributed by atoms with Crippen molar-refractivity contribution >= 4 is 23.7 Å². The zero-order valence-corrected chi connectivity index (χ0v) is 15.3. The highest BCUT2D eigenvalue weighted by molar-refractivity contribution is 6.39. The van der Waals surface area contributed by atoms with Crippen LogP contribution in [0.1, 0.15) is 11.3 Å². The predicted molar refractivity (Wildman–Crippen MR) is 104 cm³/mol. The van der Waals surface area contributed by atoms with Crippen LogP contribution >= 0.6 is 0 Å².